The molecule has 1 saturated carbocycles. The van der Waals surface area contributed by atoms with Crippen LogP contribution in [0.3, 0.4) is 0 Å². The van der Waals surface area contributed by atoms with Gasteiger partial charge in [-0.1, -0.05) is 5.92 Å². The maximum atomic E-state index is 11.0. The van der Waals surface area contributed by atoms with Crippen LogP contribution in [0.25, 0.3) is 0 Å². The fourth-order valence-electron chi connectivity index (χ4n) is 1.08. The number of ether oxygens (including phenoxy) is 1. The molecule has 4 heteroatoms. The van der Waals surface area contributed by atoms with Crippen molar-refractivity contribution in [2.75, 3.05) is 0 Å². The Morgan fingerprint density at radius 2 is 2.00 bits per heavy atom. The molecular weight excluding hydrogens is 172 g/mol. The van der Waals surface area contributed by atoms with Gasteiger partial charge in [-0.15, -0.1) is 6.42 Å². The van der Waals surface area contributed by atoms with E-state index in [4.69, 9.17) is 6.42 Å². The molecule has 0 amide bonds. The van der Waals surface area contributed by atoms with Crippen molar-refractivity contribution in [3.05, 3.63) is 0 Å². The summed E-state index contributed by atoms with van der Waals surface area (Å²) in [5.41, 5.74) is 0. The average molecular weight is 180 g/mol. The van der Waals surface area contributed by atoms with Crippen molar-refractivity contribution < 1.29 is 19.1 Å². The van der Waals surface area contributed by atoms with Crippen molar-refractivity contribution in [2.24, 2.45) is 0 Å². The fourth-order valence-corrected chi connectivity index (χ4v) is 1.08. The highest BCUT2D eigenvalue weighted by Gasteiger charge is 2.35. The highest BCUT2D eigenvalue weighted by Crippen LogP contribution is 2.14. The summed E-state index contributed by atoms with van der Waals surface area (Å²) in [6, 6.07) is 0. The molecule has 13 heavy (non-hydrogen) atoms. The molecule has 0 spiro atoms. The highest BCUT2D eigenvalue weighted by molar-refractivity contribution is 6.12. The summed E-state index contributed by atoms with van der Waals surface area (Å²) in [7, 11) is 0. The summed E-state index contributed by atoms with van der Waals surface area (Å²) in [5, 5.41) is 0. The molecule has 4 nitrogen and oxygen atoms in total. The topological polar surface area (TPSA) is 60.4 Å². The number of ketones is 2. The predicted octanol–water partition coefficient (Wildman–Crippen LogP) is -0.147. The Hall–Kier alpha value is -1.63. The molecule has 0 saturated heterocycles. The molecule has 68 valence electrons. The Bertz CT molecular complexity index is 281. The van der Waals surface area contributed by atoms with Crippen LogP contribution >= 0.6 is 0 Å². The third-order valence-corrected chi connectivity index (χ3v) is 1.70. The van der Waals surface area contributed by atoms with Crippen LogP contribution in [0.2, 0.25) is 0 Å². The Kier molecular flexibility index (Phi) is 2.80. The number of esters is 1. The van der Waals surface area contributed by atoms with E-state index in [2.05, 4.69) is 10.7 Å². The molecule has 0 aromatic carbocycles. The van der Waals surface area contributed by atoms with Crippen molar-refractivity contribution in [1.82, 2.24) is 0 Å². The Morgan fingerprint density at radius 3 is 2.46 bits per heavy atom. The van der Waals surface area contributed by atoms with Gasteiger partial charge in [-0.3, -0.25) is 14.4 Å². The van der Waals surface area contributed by atoms with Gasteiger partial charge >= 0.3 is 5.97 Å². The Morgan fingerprint density at radius 1 is 1.46 bits per heavy atom. The monoisotopic (exact) mass is 180 g/mol. The van der Waals surface area contributed by atoms with Gasteiger partial charge in [-0.2, -0.15) is 0 Å². The molecule has 1 aliphatic rings. The molecule has 0 heterocycles. The first-order valence-corrected chi connectivity index (χ1v) is 3.83. The summed E-state index contributed by atoms with van der Waals surface area (Å²) in [5.74, 6) is 0.701. The summed E-state index contributed by atoms with van der Waals surface area (Å²) < 4.78 is 4.60. The number of carbonyl (C=O) groups is 3. The first-order valence-electron chi connectivity index (χ1n) is 3.83. The summed E-state index contributed by atoms with van der Waals surface area (Å²) in [6.45, 7) is 0. The number of carbonyl (C=O) groups excluding carboxylic acids is 3. The summed E-state index contributed by atoms with van der Waals surface area (Å²) >= 11 is 0. The van der Waals surface area contributed by atoms with Gasteiger partial charge in [0.1, 0.15) is 6.42 Å². The fraction of sp³-hybridized carbons (Fsp3) is 0.444. The predicted molar refractivity (Wildman–Crippen MR) is 42.6 cm³/mol. The third-order valence-electron chi connectivity index (χ3n) is 1.70. The maximum absolute atomic E-state index is 11.0. The van der Waals surface area contributed by atoms with Crippen molar-refractivity contribution in [3.63, 3.8) is 0 Å². The Labute approximate surface area is 75.3 Å². The van der Waals surface area contributed by atoms with Crippen molar-refractivity contribution in [1.29, 1.82) is 0 Å². The van der Waals surface area contributed by atoms with E-state index in [9.17, 15) is 14.4 Å². The van der Waals surface area contributed by atoms with Crippen LogP contribution < -0.4 is 0 Å². The molecule has 0 aromatic heterocycles. The zero-order valence-corrected chi connectivity index (χ0v) is 6.91. The number of Topliss-reactive ketones (excluding diaryl/α,β-unsaturated/α-hetero) is 2. The van der Waals surface area contributed by atoms with Crippen LogP contribution in [0, 0.1) is 12.3 Å². The van der Waals surface area contributed by atoms with Crippen LogP contribution in [0.4, 0.5) is 0 Å². The van der Waals surface area contributed by atoms with E-state index < -0.39 is 12.1 Å². The summed E-state index contributed by atoms with van der Waals surface area (Å²) in [6.07, 6.45) is 3.77. The largest absolute Gasteiger partial charge is 0.446 e. The molecule has 0 atom stereocenters. The minimum atomic E-state index is -1.19. The number of hydrogen-bond donors (Lipinski definition) is 0. The lowest BCUT2D eigenvalue weighted by molar-refractivity contribution is -0.156. The van der Waals surface area contributed by atoms with Crippen LogP contribution in [-0.4, -0.2) is 23.6 Å². The van der Waals surface area contributed by atoms with E-state index in [0.717, 1.165) is 0 Å². The van der Waals surface area contributed by atoms with Crippen LogP contribution in [0.15, 0.2) is 0 Å². The number of hydrogen-bond acceptors (Lipinski definition) is 4. The normalized spacial score (nSPS) is 17.2. The van der Waals surface area contributed by atoms with Crippen molar-refractivity contribution in [3.8, 4) is 12.3 Å². The molecule has 0 N–H and O–H groups in total. The molecule has 0 bridgehead atoms. The van der Waals surface area contributed by atoms with Crippen LogP contribution in [0.5, 0.6) is 0 Å². The standard InChI is InChI=1S/C9H8O4/c1-2-3-8(12)13-9-6(10)4-5-7(9)11/h1,9H,3-5H2. The van der Waals surface area contributed by atoms with Crippen molar-refractivity contribution in [2.45, 2.75) is 25.4 Å². The van der Waals surface area contributed by atoms with E-state index in [0.29, 0.717) is 0 Å². The zero-order valence-electron chi connectivity index (χ0n) is 6.91. The molecule has 0 aromatic rings. The lowest BCUT2D eigenvalue weighted by Crippen LogP contribution is -2.27. The second-order valence-corrected chi connectivity index (χ2v) is 2.68. The van der Waals surface area contributed by atoms with Gasteiger partial charge in [0.05, 0.1) is 0 Å². The summed E-state index contributed by atoms with van der Waals surface area (Å²) in [4.78, 5) is 32.8. The lowest BCUT2D eigenvalue weighted by atomic mass is 10.3. The molecule has 0 unspecified atom stereocenters. The zero-order chi connectivity index (χ0) is 9.84. The highest BCUT2D eigenvalue weighted by atomic mass is 16.5. The molecule has 0 aliphatic heterocycles. The number of terminal acetylenes is 1. The minimum absolute atomic E-state index is 0.160. The van der Waals surface area contributed by atoms with E-state index in [1.165, 1.54) is 0 Å². The maximum Gasteiger partial charge on any atom is 0.319 e. The molecule has 1 rings (SSSR count). The van der Waals surface area contributed by atoms with Gasteiger partial charge in [0.25, 0.3) is 0 Å². The SMILES string of the molecule is C#CCC(=O)OC1C(=O)CCC1=O. The first-order chi connectivity index (χ1) is 6.15. The van der Waals surface area contributed by atoms with E-state index in [1.807, 2.05) is 0 Å². The van der Waals surface area contributed by atoms with Gasteiger partial charge < -0.3 is 4.74 Å². The van der Waals surface area contributed by atoms with Crippen LogP contribution in [-0.2, 0) is 19.1 Å². The Balaban J connectivity index is 2.54. The van der Waals surface area contributed by atoms with E-state index in [-0.39, 0.29) is 30.8 Å². The average Bonchev–Trinajstić information content (AvgIpc) is 2.36. The molecular formula is C9H8O4. The lowest BCUT2D eigenvalue weighted by Gasteiger charge is -2.06. The first kappa shape index (κ1) is 9.46. The van der Waals surface area contributed by atoms with Crippen LogP contribution in [0.1, 0.15) is 19.3 Å². The molecule has 1 fully saturated rings. The van der Waals surface area contributed by atoms with Crippen molar-refractivity contribution >= 4 is 17.5 Å². The molecule has 0 radical (unpaired) electrons. The second-order valence-electron chi connectivity index (χ2n) is 2.68. The van der Waals surface area contributed by atoms with E-state index in [1.54, 1.807) is 0 Å². The second kappa shape index (κ2) is 3.85. The van der Waals surface area contributed by atoms with Gasteiger partial charge in [0.15, 0.2) is 11.6 Å². The van der Waals surface area contributed by atoms with Gasteiger partial charge in [0, 0.05) is 12.8 Å². The van der Waals surface area contributed by atoms with Gasteiger partial charge in [0.2, 0.25) is 6.10 Å². The van der Waals surface area contributed by atoms with Gasteiger partial charge in [-0.05, 0) is 0 Å². The van der Waals surface area contributed by atoms with Gasteiger partial charge in [-0.25, -0.2) is 0 Å². The van der Waals surface area contributed by atoms with E-state index >= 15 is 0 Å². The minimum Gasteiger partial charge on any atom is -0.446 e. The third kappa shape index (κ3) is 2.15. The quantitative estimate of drug-likeness (QED) is 0.337. The smallest absolute Gasteiger partial charge is 0.319 e. The molecule has 1 aliphatic carbocycles. The number of rotatable bonds is 2.